The van der Waals surface area contributed by atoms with E-state index in [0.29, 0.717) is 30.6 Å². The van der Waals surface area contributed by atoms with Crippen LogP contribution in [-0.2, 0) is 19.6 Å². The maximum atomic E-state index is 13.8. The van der Waals surface area contributed by atoms with Crippen LogP contribution >= 0.6 is 0 Å². The Morgan fingerprint density at radius 1 is 1.09 bits per heavy atom. The topological polar surface area (TPSA) is 90.9 Å². The number of aliphatic hydroxyl groups excluding tert-OH is 1. The van der Waals surface area contributed by atoms with Crippen LogP contribution in [0.1, 0.15) is 32.7 Å². The number of fused-ring (bicyclic) bond motifs is 1. The third-order valence-corrected chi connectivity index (χ3v) is 6.12. The molecule has 0 unspecified atom stereocenters. The molecule has 5 rings (SSSR count). The van der Waals surface area contributed by atoms with Crippen molar-refractivity contribution in [2.75, 3.05) is 6.54 Å². The summed E-state index contributed by atoms with van der Waals surface area (Å²) in [5, 5.41) is 22.3. The highest BCUT2D eigenvalue weighted by Crippen LogP contribution is 2.41. The maximum absolute atomic E-state index is 13.8. The number of nitrogens with zero attached hydrogens (tertiary/aromatic N) is 3. The molecule has 0 bridgehead atoms. The van der Waals surface area contributed by atoms with Crippen molar-refractivity contribution < 1.29 is 14.3 Å². The molecule has 0 radical (unpaired) electrons. The standard InChI is InChI=1S/C27H21FN4O2/c28-22-5-4-20(21(13-22)14-29)15-32-23-8-11-31-27(34)25(23)24(19-3-1-2-17(12-19)16-33)26(32)18-6-9-30-10-7-18/h1-7,9-10,12-13,33H,8,11,15-16H2,(H,31,34). The number of aliphatic hydroxyl groups is 1. The Bertz CT molecular complexity index is 1440. The molecule has 6 nitrogen and oxygen atoms in total. The highest BCUT2D eigenvalue weighted by molar-refractivity contribution is 6.07. The summed E-state index contributed by atoms with van der Waals surface area (Å²) in [6.07, 6.45) is 4.00. The van der Waals surface area contributed by atoms with Gasteiger partial charge in [-0.2, -0.15) is 5.26 Å². The van der Waals surface area contributed by atoms with Crippen LogP contribution in [0, 0.1) is 17.1 Å². The molecule has 0 fully saturated rings. The van der Waals surface area contributed by atoms with Crippen LogP contribution in [0.5, 0.6) is 0 Å². The first-order valence-corrected chi connectivity index (χ1v) is 10.9. The zero-order valence-corrected chi connectivity index (χ0v) is 18.3. The fourth-order valence-electron chi connectivity index (χ4n) is 4.61. The first-order chi connectivity index (χ1) is 16.6. The second-order valence-corrected chi connectivity index (χ2v) is 8.14. The number of aromatic nitrogens is 2. The predicted octanol–water partition coefficient (Wildman–Crippen LogP) is 4.05. The Kier molecular flexibility index (Phi) is 5.66. The quantitative estimate of drug-likeness (QED) is 0.478. The molecular formula is C27H21FN4O2. The van der Waals surface area contributed by atoms with Crippen molar-refractivity contribution in [2.45, 2.75) is 19.6 Å². The van der Waals surface area contributed by atoms with Gasteiger partial charge in [-0.25, -0.2) is 4.39 Å². The number of nitriles is 1. The van der Waals surface area contributed by atoms with Crippen molar-refractivity contribution in [3.05, 3.63) is 101 Å². The summed E-state index contributed by atoms with van der Waals surface area (Å²) in [5.41, 5.74) is 6.34. The Hall–Kier alpha value is -4.28. The van der Waals surface area contributed by atoms with E-state index < -0.39 is 5.82 Å². The number of carbonyl (C=O) groups is 1. The average molecular weight is 452 g/mol. The van der Waals surface area contributed by atoms with Crippen molar-refractivity contribution in [3.8, 4) is 28.5 Å². The molecule has 1 aliphatic heterocycles. The zero-order valence-electron chi connectivity index (χ0n) is 18.3. The fraction of sp³-hybridized carbons (Fsp3) is 0.148. The molecular weight excluding hydrogens is 431 g/mol. The van der Waals surface area contributed by atoms with Crippen LogP contribution in [-0.4, -0.2) is 27.1 Å². The van der Waals surface area contributed by atoms with E-state index in [2.05, 4.69) is 20.9 Å². The highest BCUT2D eigenvalue weighted by Gasteiger charge is 2.31. The van der Waals surface area contributed by atoms with E-state index in [1.807, 2.05) is 36.4 Å². The molecule has 4 aromatic rings. The van der Waals surface area contributed by atoms with E-state index in [0.717, 1.165) is 33.6 Å². The van der Waals surface area contributed by atoms with Crippen LogP contribution in [0.2, 0.25) is 0 Å². The lowest BCUT2D eigenvalue weighted by Crippen LogP contribution is -2.32. The van der Waals surface area contributed by atoms with Gasteiger partial charge in [-0.1, -0.05) is 24.3 Å². The molecule has 7 heteroatoms. The minimum atomic E-state index is -0.468. The van der Waals surface area contributed by atoms with Crippen molar-refractivity contribution in [3.63, 3.8) is 0 Å². The number of nitrogens with one attached hydrogen (secondary N) is 1. The predicted molar refractivity (Wildman–Crippen MR) is 125 cm³/mol. The number of hydrogen-bond donors (Lipinski definition) is 2. The monoisotopic (exact) mass is 452 g/mol. The fourth-order valence-corrected chi connectivity index (χ4v) is 4.61. The van der Waals surface area contributed by atoms with Gasteiger partial charge in [-0.15, -0.1) is 0 Å². The van der Waals surface area contributed by atoms with Gasteiger partial charge < -0.3 is 15.0 Å². The summed E-state index contributed by atoms with van der Waals surface area (Å²) in [6, 6.07) is 17.5. The van der Waals surface area contributed by atoms with Crippen molar-refractivity contribution in [1.82, 2.24) is 14.9 Å². The van der Waals surface area contributed by atoms with Gasteiger partial charge in [0.2, 0.25) is 0 Å². The zero-order chi connectivity index (χ0) is 23.7. The summed E-state index contributed by atoms with van der Waals surface area (Å²) >= 11 is 0. The van der Waals surface area contributed by atoms with E-state index in [1.54, 1.807) is 18.5 Å². The number of halogens is 1. The molecule has 0 aliphatic carbocycles. The van der Waals surface area contributed by atoms with Crippen LogP contribution in [0.25, 0.3) is 22.4 Å². The minimum absolute atomic E-state index is 0.116. The number of benzene rings is 2. The third-order valence-electron chi connectivity index (χ3n) is 6.12. The molecule has 2 aromatic heterocycles. The van der Waals surface area contributed by atoms with Gasteiger partial charge in [-0.05, 0) is 47.0 Å². The van der Waals surface area contributed by atoms with Gasteiger partial charge in [0.05, 0.1) is 29.5 Å². The number of amides is 1. The van der Waals surface area contributed by atoms with E-state index in [9.17, 15) is 19.6 Å². The number of carbonyl (C=O) groups excluding carboxylic acids is 1. The van der Waals surface area contributed by atoms with Crippen LogP contribution in [0.15, 0.2) is 67.0 Å². The molecule has 2 N–H and O–H groups in total. The van der Waals surface area contributed by atoms with Crippen molar-refractivity contribution in [2.24, 2.45) is 0 Å². The lowest BCUT2D eigenvalue weighted by Gasteiger charge is -2.18. The SMILES string of the molecule is N#Cc1cc(F)ccc1Cn1c2c(c(-c3cccc(CO)c3)c1-c1ccncc1)C(=O)NCC2. The molecule has 0 saturated carbocycles. The van der Waals surface area contributed by atoms with Gasteiger partial charge in [0.1, 0.15) is 5.82 Å². The van der Waals surface area contributed by atoms with Gasteiger partial charge in [0.25, 0.3) is 5.91 Å². The summed E-state index contributed by atoms with van der Waals surface area (Å²) in [6.45, 7) is 0.682. The number of rotatable bonds is 5. The molecule has 1 amide bonds. The summed E-state index contributed by atoms with van der Waals surface area (Å²) in [7, 11) is 0. The largest absolute Gasteiger partial charge is 0.392 e. The first kappa shape index (κ1) is 21.6. The lowest BCUT2D eigenvalue weighted by molar-refractivity contribution is 0.0946. The Morgan fingerprint density at radius 3 is 2.68 bits per heavy atom. The Labute approximate surface area is 195 Å². The van der Waals surface area contributed by atoms with Gasteiger partial charge in [-0.3, -0.25) is 9.78 Å². The average Bonchev–Trinajstić information content (AvgIpc) is 3.21. The molecule has 34 heavy (non-hydrogen) atoms. The second-order valence-electron chi connectivity index (χ2n) is 8.14. The normalized spacial score (nSPS) is 12.7. The maximum Gasteiger partial charge on any atom is 0.253 e. The molecule has 1 aliphatic rings. The van der Waals surface area contributed by atoms with E-state index in [-0.39, 0.29) is 18.1 Å². The Balaban J connectivity index is 1.83. The molecule has 0 saturated heterocycles. The lowest BCUT2D eigenvalue weighted by atomic mass is 9.94. The number of pyridine rings is 1. The summed E-state index contributed by atoms with van der Waals surface area (Å²) in [4.78, 5) is 17.3. The first-order valence-electron chi connectivity index (χ1n) is 10.9. The summed E-state index contributed by atoms with van der Waals surface area (Å²) in [5.74, 6) is -0.635. The minimum Gasteiger partial charge on any atom is -0.392 e. The van der Waals surface area contributed by atoms with Gasteiger partial charge in [0.15, 0.2) is 0 Å². The van der Waals surface area contributed by atoms with Crippen molar-refractivity contribution >= 4 is 5.91 Å². The van der Waals surface area contributed by atoms with Gasteiger partial charge >= 0.3 is 0 Å². The molecule has 2 aromatic carbocycles. The van der Waals surface area contributed by atoms with Crippen LogP contribution < -0.4 is 5.32 Å². The van der Waals surface area contributed by atoms with Crippen LogP contribution in [0.3, 0.4) is 0 Å². The summed E-state index contributed by atoms with van der Waals surface area (Å²) < 4.78 is 15.9. The van der Waals surface area contributed by atoms with E-state index in [1.165, 1.54) is 12.1 Å². The van der Waals surface area contributed by atoms with E-state index >= 15 is 0 Å². The highest BCUT2D eigenvalue weighted by atomic mass is 19.1. The molecule has 0 atom stereocenters. The Morgan fingerprint density at radius 2 is 1.91 bits per heavy atom. The smallest absolute Gasteiger partial charge is 0.253 e. The van der Waals surface area contributed by atoms with Gasteiger partial charge in [0, 0.05) is 48.7 Å². The molecule has 0 spiro atoms. The molecule has 3 heterocycles. The number of hydrogen-bond acceptors (Lipinski definition) is 4. The molecule has 168 valence electrons. The van der Waals surface area contributed by atoms with Crippen LogP contribution in [0.4, 0.5) is 4.39 Å². The van der Waals surface area contributed by atoms with E-state index in [4.69, 9.17) is 0 Å². The van der Waals surface area contributed by atoms with Crippen molar-refractivity contribution in [1.29, 1.82) is 5.26 Å². The second kappa shape index (κ2) is 8.93. The third kappa shape index (κ3) is 3.74.